The average Bonchev–Trinajstić information content (AvgIpc) is 2.87. The van der Waals surface area contributed by atoms with Crippen LogP contribution in [0.2, 0.25) is 0 Å². The van der Waals surface area contributed by atoms with Crippen LogP contribution in [0.4, 0.5) is 4.39 Å². The van der Waals surface area contributed by atoms with Crippen molar-refractivity contribution in [2.24, 2.45) is 0 Å². The smallest absolute Gasteiger partial charge is 0.338 e. The summed E-state index contributed by atoms with van der Waals surface area (Å²) in [5.74, 6) is -1.59. The number of ether oxygens (including phenoxy) is 1. The molecule has 0 aromatic heterocycles. The van der Waals surface area contributed by atoms with Gasteiger partial charge in [0, 0.05) is 30.3 Å². The molecule has 0 amide bonds. The highest BCUT2D eigenvalue weighted by molar-refractivity contribution is 5.89. The molecule has 2 fully saturated rings. The van der Waals surface area contributed by atoms with E-state index in [1.807, 2.05) is 0 Å². The molecule has 1 aromatic carbocycles. The lowest BCUT2D eigenvalue weighted by Gasteiger charge is -2.35. The van der Waals surface area contributed by atoms with Crippen molar-refractivity contribution < 1.29 is 20.8 Å². The van der Waals surface area contributed by atoms with Gasteiger partial charge in [-0.25, -0.2) is 9.18 Å². The summed E-state index contributed by atoms with van der Waals surface area (Å²) >= 11 is 0. The van der Waals surface area contributed by atoms with Gasteiger partial charge in [0.2, 0.25) is 0 Å². The fraction of sp³-hybridized carbons (Fsp3) is 0.533. The summed E-state index contributed by atoms with van der Waals surface area (Å²) in [5, 5.41) is 0. The minimum Gasteiger partial charge on any atom is -0.459 e. The minimum absolute atomic E-state index is 0.0547. The second-order valence-corrected chi connectivity index (χ2v) is 4.79. The van der Waals surface area contributed by atoms with Gasteiger partial charge >= 0.3 is 5.97 Å². The van der Waals surface area contributed by atoms with Crippen molar-refractivity contribution in [2.45, 2.75) is 43.8 Å². The number of hydrogen-bond donors (Lipinski definition) is 0. The quantitative estimate of drug-likeness (QED) is 0.772. The van der Waals surface area contributed by atoms with Crippen molar-refractivity contribution >= 4 is 5.97 Å². The summed E-state index contributed by atoms with van der Waals surface area (Å²) in [5.41, 5.74) is -0.0547. The first-order valence-corrected chi connectivity index (χ1v) is 6.23. The molecule has 2 saturated heterocycles. The van der Waals surface area contributed by atoms with Crippen LogP contribution in [0, 0.1) is 5.82 Å². The Kier molecular flexibility index (Phi) is 2.07. The number of rotatable bonds is 2. The predicted molar refractivity (Wildman–Crippen MR) is 69.4 cm³/mol. The Labute approximate surface area is 119 Å². The molecule has 4 heteroatoms. The van der Waals surface area contributed by atoms with Gasteiger partial charge in [0.15, 0.2) is 0 Å². The van der Waals surface area contributed by atoms with Crippen molar-refractivity contribution in [1.82, 2.24) is 4.90 Å². The predicted octanol–water partition coefficient (Wildman–Crippen LogP) is 2.61. The lowest BCUT2D eigenvalue weighted by Crippen LogP contribution is -2.43. The topological polar surface area (TPSA) is 29.5 Å². The Bertz CT molecular complexity index is 642. The van der Waals surface area contributed by atoms with Crippen LogP contribution in [-0.2, 0) is 4.74 Å². The summed E-state index contributed by atoms with van der Waals surface area (Å²) in [6.45, 7) is 0. The molecule has 2 aliphatic heterocycles. The summed E-state index contributed by atoms with van der Waals surface area (Å²) in [7, 11) is 1.62. The number of fused-ring (bicyclic) bond motifs is 2. The number of benzene rings is 1. The fourth-order valence-corrected chi connectivity index (χ4v) is 2.43. The van der Waals surface area contributed by atoms with Crippen LogP contribution >= 0.6 is 0 Å². The van der Waals surface area contributed by atoms with E-state index in [1.165, 1.54) is 0 Å². The molecule has 0 saturated carbocycles. The number of hydrogen-bond acceptors (Lipinski definition) is 3. The molecule has 3 rings (SSSR count). The Morgan fingerprint density at radius 2 is 1.95 bits per heavy atom. The number of esters is 1. The number of piperidine rings is 1. The van der Waals surface area contributed by atoms with Gasteiger partial charge in [-0.15, -0.1) is 0 Å². The molecule has 2 bridgehead atoms. The summed E-state index contributed by atoms with van der Waals surface area (Å²) in [6.07, 6.45) is -6.70. The molecule has 0 aliphatic carbocycles. The molecule has 1 aromatic rings. The van der Waals surface area contributed by atoms with E-state index in [4.69, 9.17) is 11.6 Å². The SMILES string of the molecule is [2H]C1([2H])C2CCC(N2C)C([2H])([2H])C1([2H])OC(=O)c1ccc(F)cc1. The van der Waals surface area contributed by atoms with Crippen molar-refractivity contribution in [3.05, 3.63) is 35.6 Å². The molecule has 19 heavy (non-hydrogen) atoms. The van der Waals surface area contributed by atoms with Gasteiger partial charge in [-0.2, -0.15) is 0 Å². The largest absolute Gasteiger partial charge is 0.459 e. The third kappa shape index (κ3) is 2.50. The van der Waals surface area contributed by atoms with Crippen LogP contribution in [0.3, 0.4) is 0 Å². The molecule has 2 atom stereocenters. The van der Waals surface area contributed by atoms with E-state index in [9.17, 15) is 9.18 Å². The molecule has 3 nitrogen and oxygen atoms in total. The zero-order valence-electron chi connectivity index (χ0n) is 15.5. The van der Waals surface area contributed by atoms with Crippen molar-refractivity contribution in [3.63, 3.8) is 0 Å². The van der Waals surface area contributed by atoms with Crippen molar-refractivity contribution in [2.75, 3.05) is 7.05 Å². The number of halogens is 1. The van der Waals surface area contributed by atoms with Crippen LogP contribution in [0.15, 0.2) is 24.3 Å². The van der Waals surface area contributed by atoms with E-state index >= 15 is 0 Å². The van der Waals surface area contributed by atoms with E-state index in [-0.39, 0.29) is 5.56 Å². The highest BCUT2D eigenvalue weighted by atomic mass is 19.1. The maximum absolute atomic E-state index is 13.0. The van der Waals surface area contributed by atoms with Crippen LogP contribution in [-0.4, -0.2) is 36.1 Å². The van der Waals surface area contributed by atoms with Crippen LogP contribution in [0.1, 0.15) is 42.8 Å². The summed E-state index contributed by atoms with van der Waals surface area (Å²) < 4.78 is 59.7. The Morgan fingerprint density at radius 1 is 1.37 bits per heavy atom. The van der Waals surface area contributed by atoms with Gasteiger partial charge in [-0.1, -0.05) is 0 Å². The Balaban J connectivity index is 1.98. The van der Waals surface area contributed by atoms with Crippen molar-refractivity contribution in [1.29, 1.82) is 0 Å². The molecule has 2 heterocycles. The average molecular weight is 268 g/mol. The molecule has 0 radical (unpaired) electrons. The zero-order chi connectivity index (χ0) is 17.9. The minimum atomic E-state index is -2.69. The standard InChI is InChI=1S/C15H18FNO2/c1-17-12-6-7-13(17)9-14(8-12)19-15(18)10-2-4-11(16)5-3-10/h2-5,12-14H,6-9H2,1H3/i8D2,9D2,14D. The van der Waals surface area contributed by atoms with Crippen LogP contribution < -0.4 is 0 Å². The Morgan fingerprint density at radius 3 is 2.53 bits per heavy atom. The summed E-state index contributed by atoms with van der Waals surface area (Å²) in [6, 6.07) is 3.02. The highest BCUT2D eigenvalue weighted by Gasteiger charge is 2.39. The van der Waals surface area contributed by atoms with E-state index in [0.29, 0.717) is 12.8 Å². The maximum Gasteiger partial charge on any atom is 0.338 e. The number of nitrogens with zero attached hydrogens (tertiary/aromatic N) is 1. The third-order valence-corrected chi connectivity index (χ3v) is 3.57. The van der Waals surface area contributed by atoms with E-state index in [2.05, 4.69) is 0 Å². The van der Waals surface area contributed by atoms with Gasteiger partial charge in [-0.05, 0) is 44.2 Å². The third-order valence-electron chi connectivity index (χ3n) is 3.57. The first-order valence-electron chi connectivity index (χ1n) is 8.73. The van der Waals surface area contributed by atoms with Gasteiger partial charge < -0.3 is 9.64 Å². The van der Waals surface area contributed by atoms with E-state index < -0.39 is 42.7 Å². The molecular formula is C15H18FNO2. The highest BCUT2D eigenvalue weighted by Crippen LogP contribution is 2.35. The first-order chi connectivity index (χ1) is 11.0. The number of carbonyl (C=O) groups excluding carboxylic acids is 1. The maximum atomic E-state index is 13.0. The molecule has 102 valence electrons. The van der Waals surface area contributed by atoms with E-state index in [0.717, 1.165) is 24.3 Å². The van der Waals surface area contributed by atoms with E-state index in [1.54, 1.807) is 11.9 Å². The molecule has 2 unspecified atom stereocenters. The second-order valence-electron chi connectivity index (χ2n) is 4.79. The lowest BCUT2D eigenvalue weighted by atomic mass is 10.0. The van der Waals surface area contributed by atoms with Crippen molar-refractivity contribution in [3.8, 4) is 0 Å². The lowest BCUT2D eigenvalue weighted by molar-refractivity contribution is -0.000451. The van der Waals surface area contributed by atoms with Gasteiger partial charge in [0.25, 0.3) is 0 Å². The first kappa shape index (κ1) is 8.00. The van der Waals surface area contributed by atoms with Gasteiger partial charge in [0.05, 0.1) is 6.93 Å². The van der Waals surface area contributed by atoms with Gasteiger partial charge in [0.1, 0.15) is 11.9 Å². The Hall–Kier alpha value is -1.42. The molecule has 0 spiro atoms. The van der Waals surface area contributed by atoms with Gasteiger partial charge in [-0.3, -0.25) is 0 Å². The van der Waals surface area contributed by atoms with Crippen LogP contribution in [0.5, 0.6) is 0 Å². The molecular weight excluding hydrogens is 245 g/mol. The fourth-order valence-electron chi connectivity index (χ4n) is 2.43. The van der Waals surface area contributed by atoms with Crippen LogP contribution in [0.25, 0.3) is 0 Å². The molecule has 2 aliphatic rings. The summed E-state index contributed by atoms with van der Waals surface area (Å²) in [4.78, 5) is 13.9. The zero-order valence-corrected chi connectivity index (χ0v) is 10.5. The second kappa shape index (κ2) is 4.93. The molecule has 0 N–H and O–H groups in total. The normalized spacial score (nSPS) is 43.4. The monoisotopic (exact) mass is 268 g/mol. The number of carbonyl (C=O) groups is 1.